The van der Waals surface area contributed by atoms with Gasteiger partial charge in [-0.25, -0.2) is 4.79 Å². The normalized spacial score (nSPS) is 14.3. The Labute approximate surface area is 190 Å². The molecule has 2 rings (SSSR count). The molecule has 9 nitrogen and oxygen atoms in total. The van der Waals surface area contributed by atoms with Gasteiger partial charge in [0.15, 0.2) is 5.96 Å². The lowest BCUT2D eigenvalue weighted by molar-refractivity contribution is 0.0529. The Hall–Kier alpha value is -1.59. The summed E-state index contributed by atoms with van der Waals surface area (Å²) in [5, 5.41) is 17.9. The minimum absolute atomic E-state index is 0. The maximum Gasteiger partial charge on any atom is 0.407 e. The molecule has 0 spiro atoms. The van der Waals surface area contributed by atoms with E-state index >= 15 is 0 Å². The summed E-state index contributed by atoms with van der Waals surface area (Å²) in [4.78, 5) is 15.8. The SMILES string of the molecule is CN=C(NCCCc1nnc2n1CCCCC2)NCCNC(=O)OC(C)(C)C.I. The fraction of sp³-hybridized carbons (Fsp3) is 0.789. The Morgan fingerprint density at radius 2 is 1.83 bits per heavy atom. The first-order chi connectivity index (χ1) is 13.4. The largest absolute Gasteiger partial charge is 0.444 e. The number of hydrogen-bond donors (Lipinski definition) is 3. The van der Waals surface area contributed by atoms with Gasteiger partial charge in [0.05, 0.1) is 0 Å². The highest BCUT2D eigenvalue weighted by Gasteiger charge is 2.16. The van der Waals surface area contributed by atoms with Crippen LogP contribution in [-0.4, -0.2) is 59.1 Å². The van der Waals surface area contributed by atoms with E-state index in [0.717, 1.165) is 44.0 Å². The van der Waals surface area contributed by atoms with Crippen LogP contribution in [0.25, 0.3) is 0 Å². The minimum atomic E-state index is -0.488. The number of rotatable bonds is 7. The van der Waals surface area contributed by atoms with Crippen LogP contribution in [0.2, 0.25) is 0 Å². The van der Waals surface area contributed by atoms with Crippen molar-refractivity contribution in [2.24, 2.45) is 4.99 Å². The Balaban J connectivity index is 0.00000420. The number of aryl methyl sites for hydroxylation is 2. The van der Waals surface area contributed by atoms with Gasteiger partial charge in [0.25, 0.3) is 0 Å². The second-order valence-corrected chi connectivity index (χ2v) is 7.95. The van der Waals surface area contributed by atoms with E-state index in [2.05, 4.69) is 35.7 Å². The standard InChI is InChI=1S/C19H35N7O2.HI/c1-19(2,3)28-18(27)23-13-12-22-17(20-4)21-11-8-10-16-25-24-15-9-6-5-7-14-26(15)16;/h5-14H2,1-4H3,(H,23,27)(H2,20,21,22);1H. The third-order valence-electron chi connectivity index (χ3n) is 4.36. The molecule has 166 valence electrons. The first-order valence-corrected chi connectivity index (χ1v) is 10.2. The van der Waals surface area contributed by atoms with E-state index in [9.17, 15) is 4.79 Å². The second-order valence-electron chi connectivity index (χ2n) is 7.95. The molecule has 0 aromatic carbocycles. The Bertz CT molecular complexity index is 655. The average molecular weight is 521 g/mol. The molecular weight excluding hydrogens is 485 g/mol. The van der Waals surface area contributed by atoms with Gasteiger partial charge >= 0.3 is 6.09 Å². The molecule has 1 aromatic rings. The van der Waals surface area contributed by atoms with Gasteiger partial charge in [-0.15, -0.1) is 34.2 Å². The van der Waals surface area contributed by atoms with Crippen LogP contribution in [0.1, 0.15) is 58.1 Å². The van der Waals surface area contributed by atoms with Gasteiger partial charge < -0.3 is 25.3 Å². The molecule has 3 N–H and O–H groups in total. The van der Waals surface area contributed by atoms with E-state index in [4.69, 9.17) is 4.74 Å². The molecule has 10 heteroatoms. The zero-order valence-electron chi connectivity index (χ0n) is 18.1. The summed E-state index contributed by atoms with van der Waals surface area (Å²) in [6.07, 6.45) is 6.18. The van der Waals surface area contributed by atoms with E-state index in [1.54, 1.807) is 7.05 Å². The number of nitrogens with zero attached hydrogens (tertiary/aromatic N) is 4. The van der Waals surface area contributed by atoms with Crippen LogP contribution in [-0.2, 0) is 24.1 Å². The third-order valence-corrected chi connectivity index (χ3v) is 4.36. The van der Waals surface area contributed by atoms with E-state index < -0.39 is 11.7 Å². The molecule has 0 saturated carbocycles. The lowest BCUT2D eigenvalue weighted by Gasteiger charge is -2.19. The lowest BCUT2D eigenvalue weighted by atomic mass is 10.2. The molecular formula is C19H36IN7O2. The number of hydrogen-bond acceptors (Lipinski definition) is 5. The quantitative estimate of drug-likeness (QED) is 0.220. The number of carbonyl (C=O) groups is 1. The third kappa shape index (κ3) is 9.64. The number of halogens is 1. The van der Waals surface area contributed by atoms with Crippen molar-refractivity contribution in [2.45, 2.75) is 71.4 Å². The predicted molar refractivity (Wildman–Crippen MR) is 125 cm³/mol. The molecule has 1 aromatic heterocycles. The molecule has 0 fully saturated rings. The second kappa shape index (κ2) is 12.9. The van der Waals surface area contributed by atoms with Crippen LogP contribution in [0.4, 0.5) is 4.79 Å². The average Bonchev–Trinajstić information content (AvgIpc) is 2.85. The van der Waals surface area contributed by atoms with Crippen molar-refractivity contribution in [1.29, 1.82) is 0 Å². The monoisotopic (exact) mass is 521 g/mol. The highest BCUT2D eigenvalue weighted by molar-refractivity contribution is 14.0. The van der Waals surface area contributed by atoms with E-state index in [1.807, 2.05) is 20.8 Å². The van der Waals surface area contributed by atoms with Crippen molar-refractivity contribution in [1.82, 2.24) is 30.7 Å². The van der Waals surface area contributed by atoms with Crippen molar-refractivity contribution in [3.8, 4) is 0 Å². The van der Waals surface area contributed by atoms with Crippen molar-refractivity contribution in [3.63, 3.8) is 0 Å². The van der Waals surface area contributed by atoms with Gasteiger partial charge in [-0.2, -0.15) is 0 Å². The number of fused-ring (bicyclic) bond motifs is 1. The van der Waals surface area contributed by atoms with Crippen LogP contribution in [0.3, 0.4) is 0 Å². The molecule has 1 aliphatic heterocycles. The van der Waals surface area contributed by atoms with E-state index in [-0.39, 0.29) is 24.0 Å². The first-order valence-electron chi connectivity index (χ1n) is 10.2. The molecule has 0 saturated heterocycles. The smallest absolute Gasteiger partial charge is 0.407 e. The summed E-state index contributed by atoms with van der Waals surface area (Å²) >= 11 is 0. The topological polar surface area (TPSA) is 105 Å². The summed E-state index contributed by atoms with van der Waals surface area (Å²) in [6.45, 7) is 8.38. The van der Waals surface area contributed by atoms with Crippen molar-refractivity contribution >= 4 is 36.0 Å². The molecule has 0 aliphatic carbocycles. The number of amides is 1. The molecule has 0 atom stereocenters. The van der Waals surface area contributed by atoms with Gasteiger partial charge in [0.2, 0.25) is 0 Å². The van der Waals surface area contributed by atoms with Crippen molar-refractivity contribution in [2.75, 3.05) is 26.7 Å². The lowest BCUT2D eigenvalue weighted by Crippen LogP contribution is -2.42. The molecule has 2 heterocycles. The first kappa shape index (κ1) is 25.4. The molecule has 0 radical (unpaired) electrons. The number of nitrogens with one attached hydrogen (secondary N) is 3. The van der Waals surface area contributed by atoms with Gasteiger partial charge in [-0.3, -0.25) is 4.99 Å². The highest BCUT2D eigenvalue weighted by Crippen LogP contribution is 2.15. The summed E-state index contributed by atoms with van der Waals surface area (Å²) in [5.74, 6) is 2.93. The maximum absolute atomic E-state index is 11.6. The van der Waals surface area contributed by atoms with Gasteiger partial charge in [-0.1, -0.05) is 6.42 Å². The van der Waals surface area contributed by atoms with E-state index in [1.165, 1.54) is 19.3 Å². The van der Waals surface area contributed by atoms with E-state index in [0.29, 0.717) is 19.0 Å². The Kier molecular flexibility index (Phi) is 11.3. The highest BCUT2D eigenvalue weighted by atomic mass is 127. The van der Waals surface area contributed by atoms with Gasteiger partial charge in [-0.05, 0) is 40.0 Å². The molecule has 29 heavy (non-hydrogen) atoms. The minimum Gasteiger partial charge on any atom is -0.444 e. The summed E-state index contributed by atoms with van der Waals surface area (Å²) < 4.78 is 7.49. The number of guanidine groups is 1. The maximum atomic E-state index is 11.6. The van der Waals surface area contributed by atoms with Crippen LogP contribution in [0.15, 0.2) is 4.99 Å². The zero-order valence-corrected chi connectivity index (χ0v) is 20.4. The number of ether oxygens (including phenoxy) is 1. The van der Waals surface area contributed by atoms with Crippen LogP contribution in [0, 0.1) is 0 Å². The molecule has 0 bridgehead atoms. The van der Waals surface area contributed by atoms with Crippen LogP contribution >= 0.6 is 24.0 Å². The van der Waals surface area contributed by atoms with Crippen molar-refractivity contribution < 1.29 is 9.53 Å². The van der Waals surface area contributed by atoms with Gasteiger partial charge in [0, 0.05) is 46.1 Å². The van der Waals surface area contributed by atoms with Gasteiger partial charge in [0.1, 0.15) is 17.2 Å². The summed E-state index contributed by atoms with van der Waals surface area (Å²) in [6, 6.07) is 0. The zero-order chi connectivity index (χ0) is 20.4. The molecule has 1 amide bonds. The predicted octanol–water partition coefficient (Wildman–Crippen LogP) is 2.24. The van der Waals surface area contributed by atoms with Crippen molar-refractivity contribution in [3.05, 3.63) is 11.6 Å². The molecule has 1 aliphatic rings. The summed E-state index contributed by atoms with van der Waals surface area (Å²) in [7, 11) is 1.73. The van der Waals surface area contributed by atoms with Crippen LogP contribution in [0.5, 0.6) is 0 Å². The Morgan fingerprint density at radius 1 is 1.10 bits per heavy atom. The fourth-order valence-electron chi connectivity index (χ4n) is 3.06. The number of aliphatic imine (C=N–C) groups is 1. The summed E-state index contributed by atoms with van der Waals surface area (Å²) in [5.41, 5.74) is -0.488. The van der Waals surface area contributed by atoms with Crippen LogP contribution < -0.4 is 16.0 Å². The molecule has 0 unspecified atom stereocenters. The Morgan fingerprint density at radius 3 is 2.55 bits per heavy atom. The number of carbonyl (C=O) groups excluding carboxylic acids is 1. The number of alkyl carbamates (subject to hydrolysis) is 1. The number of aromatic nitrogens is 3. The fourth-order valence-corrected chi connectivity index (χ4v) is 3.06.